The van der Waals surface area contributed by atoms with E-state index < -0.39 is 27.3 Å². The standard InChI is InChI=1S/C11H14F2N2O2S/c1-3-7-18(16,17)15-9-6-5-8(12)11(10(9)13)14-4-2/h4-6,14-15H,2-3,7H2,1H3. The van der Waals surface area contributed by atoms with Crippen LogP contribution in [0.5, 0.6) is 0 Å². The minimum absolute atomic E-state index is 0.131. The highest BCUT2D eigenvalue weighted by molar-refractivity contribution is 7.92. The first-order valence-electron chi connectivity index (χ1n) is 5.27. The molecule has 7 heteroatoms. The van der Waals surface area contributed by atoms with Crippen LogP contribution in [-0.2, 0) is 10.0 Å². The Labute approximate surface area is 105 Å². The van der Waals surface area contributed by atoms with Gasteiger partial charge in [-0.15, -0.1) is 0 Å². The first kappa shape index (κ1) is 14.4. The fourth-order valence-corrected chi connectivity index (χ4v) is 2.49. The molecule has 0 saturated carbocycles. The summed E-state index contributed by atoms with van der Waals surface area (Å²) in [5, 5.41) is 2.28. The zero-order valence-electron chi connectivity index (χ0n) is 9.83. The van der Waals surface area contributed by atoms with Gasteiger partial charge in [0.2, 0.25) is 10.0 Å². The summed E-state index contributed by atoms with van der Waals surface area (Å²) in [7, 11) is -3.62. The van der Waals surface area contributed by atoms with E-state index in [9.17, 15) is 17.2 Å². The predicted molar refractivity (Wildman–Crippen MR) is 67.9 cm³/mol. The number of anilines is 2. The van der Waals surface area contributed by atoms with Crippen LogP contribution in [0.3, 0.4) is 0 Å². The number of hydrogen-bond donors (Lipinski definition) is 2. The van der Waals surface area contributed by atoms with Gasteiger partial charge in [0.15, 0.2) is 5.82 Å². The van der Waals surface area contributed by atoms with Crippen molar-refractivity contribution in [1.29, 1.82) is 0 Å². The molecule has 0 spiro atoms. The number of hydrogen-bond acceptors (Lipinski definition) is 3. The summed E-state index contributed by atoms with van der Waals surface area (Å²) in [4.78, 5) is 0. The molecule has 4 nitrogen and oxygen atoms in total. The van der Waals surface area contributed by atoms with Crippen LogP contribution in [0.25, 0.3) is 0 Å². The van der Waals surface area contributed by atoms with Gasteiger partial charge in [-0.3, -0.25) is 4.72 Å². The zero-order chi connectivity index (χ0) is 13.8. The van der Waals surface area contributed by atoms with Crippen molar-refractivity contribution in [3.8, 4) is 0 Å². The fraction of sp³-hybridized carbons (Fsp3) is 0.273. The summed E-state index contributed by atoms with van der Waals surface area (Å²) in [6.45, 7) is 4.97. The molecule has 0 bridgehead atoms. The third-order valence-electron chi connectivity index (χ3n) is 2.08. The molecule has 0 amide bonds. The van der Waals surface area contributed by atoms with E-state index in [4.69, 9.17) is 0 Å². The van der Waals surface area contributed by atoms with E-state index in [0.29, 0.717) is 6.42 Å². The van der Waals surface area contributed by atoms with Gasteiger partial charge in [-0.2, -0.15) is 0 Å². The minimum atomic E-state index is -3.62. The lowest BCUT2D eigenvalue weighted by Crippen LogP contribution is -2.17. The molecule has 2 N–H and O–H groups in total. The molecule has 0 aromatic heterocycles. The summed E-state index contributed by atoms with van der Waals surface area (Å²) < 4.78 is 52.1. The Morgan fingerprint density at radius 2 is 2.06 bits per heavy atom. The molecule has 0 saturated heterocycles. The number of nitrogens with one attached hydrogen (secondary N) is 2. The van der Waals surface area contributed by atoms with Gasteiger partial charge in [-0.1, -0.05) is 13.5 Å². The number of sulfonamides is 1. The molecule has 0 aliphatic carbocycles. The molecule has 0 fully saturated rings. The minimum Gasteiger partial charge on any atom is -0.357 e. The van der Waals surface area contributed by atoms with E-state index in [1.807, 2.05) is 0 Å². The smallest absolute Gasteiger partial charge is 0.232 e. The molecule has 100 valence electrons. The average molecular weight is 276 g/mol. The molecule has 0 radical (unpaired) electrons. The van der Waals surface area contributed by atoms with E-state index in [1.165, 1.54) is 0 Å². The van der Waals surface area contributed by atoms with Crippen molar-refractivity contribution in [1.82, 2.24) is 0 Å². The predicted octanol–water partition coefficient (Wildman–Crippen LogP) is 2.67. The fourth-order valence-electron chi connectivity index (χ4n) is 1.35. The van der Waals surface area contributed by atoms with Crippen LogP contribution in [0.2, 0.25) is 0 Å². The highest BCUT2D eigenvalue weighted by atomic mass is 32.2. The Balaban J connectivity index is 3.12. The van der Waals surface area contributed by atoms with Crippen LogP contribution in [0.15, 0.2) is 24.9 Å². The highest BCUT2D eigenvalue weighted by Gasteiger charge is 2.17. The maximum absolute atomic E-state index is 13.8. The van der Waals surface area contributed by atoms with Gasteiger partial charge < -0.3 is 5.32 Å². The number of halogens is 2. The summed E-state index contributed by atoms with van der Waals surface area (Å²) in [5.41, 5.74) is -0.740. The van der Waals surface area contributed by atoms with Crippen molar-refractivity contribution in [2.75, 3.05) is 15.8 Å². The lowest BCUT2D eigenvalue weighted by molar-refractivity contribution is 0.588. The molecular formula is C11H14F2N2O2S. The van der Waals surface area contributed by atoms with E-state index >= 15 is 0 Å². The Hall–Kier alpha value is -1.63. The second kappa shape index (κ2) is 5.81. The molecule has 0 atom stereocenters. The Bertz CT molecular complexity index is 544. The molecule has 1 aromatic carbocycles. The zero-order valence-corrected chi connectivity index (χ0v) is 10.7. The molecular weight excluding hydrogens is 262 g/mol. The molecule has 1 rings (SSSR count). The lowest BCUT2D eigenvalue weighted by Gasteiger charge is -2.11. The van der Waals surface area contributed by atoms with Crippen LogP contribution in [-0.4, -0.2) is 14.2 Å². The second-order valence-electron chi connectivity index (χ2n) is 3.55. The second-order valence-corrected chi connectivity index (χ2v) is 5.40. The van der Waals surface area contributed by atoms with Crippen LogP contribution >= 0.6 is 0 Å². The Kier molecular flexibility index (Phi) is 4.66. The molecule has 0 aliphatic rings. The normalized spacial score (nSPS) is 11.1. The molecule has 0 heterocycles. The first-order valence-corrected chi connectivity index (χ1v) is 6.92. The maximum Gasteiger partial charge on any atom is 0.232 e. The summed E-state index contributed by atoms with van der Waals surface area (Å²) in [6.07, 6.45) is 1.50. The van der Waals surface area contributed by atoms with Gasteiger partial charge in [0.25, 0.3) is 0 Å². The molecule has 0 unspecified atom stereocenters. The molecule has 1 aromatic rings. The number of benzene rings is 1. The van der Waals surface area contributed by atoms with E-state index in [1.54, 1.807) is 6.92 Å². The van der Waals surface area contributed by atoms with Crippen LogP contribution in [0.1, 0.15) is 13.3 Å². The topological polar surface area (TPSA) is 58.2 Å². The van der Waals surface area contributed by atoms with Gasteiger partial charge in [-0.25, -0.2) is 17.2 Å². The largest absolute Gasteiger partial charge is 0.357 e. The van der Waals surface area contributed by atoms with Crippen LogP contribution in [0, 0.1) is 11.6 Å². The van der Waals surface area contributed by atoms with Crippen molar-refractivity contribution >= 4 is 21.4 Å². The maximum atomic E-state index is 13.8. The number of rotatable bonds is 6. The monoisotopic (exact) mass is 276 g/mol. The van der Waals surface area contributed by atoms with Gasteiger partial charge in [0, 0.05) is 0 Å². The van der Waals surface area contributed by atoms with E-state index in [2.05, 4.69) is 16.6 Å². The Morgan fingerprint density at radius 1 is 1.39 bits per heavy atom. The van der Waals surface area contributed by atoms with Crippen molar-refractivity contribution in [2.24, 2.45) is 0 Å². The summed E-state index contributed by atoms with van der Waals surface area (Å²) in [5.74, 6) is -1.96. The van der Waals surface area contributed by atoms with Crippen LogP contribution in [0.4, 0.5) is 20.2 Å². The van der Waals surface area contributed by atoms with Crippen molar-refractivity contribution in [3.05, 3.63) is 36.5 Å². The Morgan fingerprint density at radius 3 is 2.61 bits per heavy atom. The highest BCUT2D eigenvalue weighted by Crippen LogP contribution is 2.26. The lowest BCUT2D eigenvalue weighted by atomic mass is 10.2. The van der Waals surface area contributed by atoms with E-state index in [-0.39, 0.29) is 11.4 Å². The third-order valence-corrected chi connectivity index (χ3v) is 3.55. The van der Waals surface area contributed by atoms with Crippen LogP contribution < -0.4 is 10.0 Å². The van der Waals surface area contributed by atoms with Gasteiger partial charge in [-0.05, 0) is 24.8 Å². The first-order chi connectivity index (χ1) is 8.41. The van der Waals surface area contributed by atoms with Gasteiger partial charge in [0.1, 0.15) is 11.5 Å². The van der Waals surface area contributed by atoms with Gasteiger partial charge >= 0.3 is 0 Å². The third kappa shape index (κ3) is 3.43. The summed E-state index contributed by atoms with van der Waals surface area (Å²) >= 11 is 0. The average Bonchev–Trinajstić information content (AvgIpc) is 2.28. The van der Waals surface area contributed by atoms with E-state index in [0.717, 1.165) is 18.3 Å². The van der Waals surface area contributed by atoms with Gasteiger partial charge in [0.05, 0.1) is 11.4 Å². The molecule has 18 heavy (non-hydrogen) atoms. The van der Waals surface area contributed by atoms with Crippen molar-refractivity contribution in [3.63, 3.8) is 0 Å². The summed E-state index contributed by atoms with van der Waals surface area (Å²) in [6, 6.07) is 2.00. The SMILES string of the molecule is C=CNc1c(F)ccc(NS(=O)(=O)CCC)c1F. The quantitative estimate of drug-likeness (QED) is 0.839. The van der Waals surface area contributed by atoms with Crippen molar-refractivity contribution < 1.29 is 17.2 Å². The van der Waals surface area contributed by atoms with Crippen molar-refractivity contribution in [2.45, 2.75) is 13.3 Å². The molecule has 0 aliphatic heterocycles.